The molecule has 0 saturated carbocycles. The first kappa shape index (κ1) is 37.9. The number of ether oxygens (including phenoxy) is 1. The van der Waals surface area contributed by atoms with E-state index in [1.165, 1.54) is 0 Å². The van der Waals surface area contributed by atoms with Crippen LogP contribution in [-0.4, -0.2) is 88.6 Å². The molecular weight excluding hydrogens is 605 g/mol. The van der Waals surface area contributed by atoms with Crippen LogP contribution in [-0.2, 0) is 18.0 Å². The molecule has 0 bridgehead atoms. The summed E-state index contributed by atoms with van der Waals surface area (Å²) < 4.78 is 161. The average Bonchev–Trinajstić information content (AvgIpc) is 2.78. The molecule has 0 aromatic rings. The Kier molecular flexibility index (Phi) is 14.8. The molecule has 0 spiro atoms. The van der Waals surface area contributed by atoms with Gasteiger partial charge in [-0.25, -0.2) is 9.53 Å². The predicted octanol–water partition coefficient (Wildman–Crippen LogP) is 5.81. The molecule has 0 saturated heterocycles. The van der Waals surface area contributed by atoms with E-state index in [9.17, 15) is 53.1 Å². The van der Waals surface area contributed by atoms with Crippen LogP contribution in [0.4, 0.5) is 53.1 Å². The summed E-state index contributed by atoms with van der Waals surface area (Å²) in [4.78, 5) is 12.3. The Bertz CT molecular complexity index is 734. The van der Waals surface area contributed by atoms with E-state index in [1.807, 2.05) is 4.74 Å². The maximum absolute atomic E-state index is 13.7. The fourth-order valence-corrected chi connectivity index (χ4v) is 6.55. The zero-order valence-electron chi connectivity index (χ0n) is 21.3. The second-order valence-corrected chi connectivity index (χ2v) is 11.5. The molecule has 2 N–H and O–H groups in total. The summed E-state index contributed by atoms with van der Waals surface area (Å²) >= 11 is 0.528. The van der Waals surface area contributed by atoms with Crippen molar-refractivity contribution in [1.29, 1.82) is 0 Å². The molecule has 0 aliphatic heterocycles. The maximum Gasteiger partial charge on any atom is 0.524 e. The first-order valence-electron chi connectivity index (χ1n) is 11.5. The summed E-state index contributed by atoms with van der Waals surface area (Å²) in [6, 6.07) is -0.725. The van der Waals surface area contributed by atoms with E-state index in [4.69, 9.17) is 13.3 Å². The van der Waals surface area contributed by atoms with Crippen molar-refractivity contribution in [3.63, 3.8) is 0 Å². The second-order valence-electron chi connectivity index (χ2n) is 7.54. The SMILES string of the molecule is CCO[Si](OCC)(OCC)C(CC)NC(=O)NCCSCCC(F)(F)C(F)(F)OC(F)(F)C(F)(F)C(F)(F)F. The van der Waals surface area contributed by atoms with Gasteiger partial charge < -0.3 is 23.9 Å². The number of urea groups is 1. The Labute approximate surface area is 223 Å². The number of hydrogen-bond donors (Lipinski definition) is 2. The normalized spacial score (nSPS) is 14.8. The van der Waals surface area contributed by atoms with Crippen LogP contribution in [0.1, 0.15) is 40.5 Å². The molecule has 39 heavy (non-hydrogen) atoms. The number of nitrogens with one attached hydrogen (secondary N) is 2. The van der Waals surface area contributed by atoms with Crippen molar-refractivity contribution in [3.8, 4) is 0 Å². The van der Waals surface area contributed by atoms with E-state index in [2.05, 4.69) is 10.6 Å². The van der Waals surface area contributed by atoms with Gasteiger partial charge in [-0.15, -0.1) is 0 Å². The number of hydrogen-bond acceptors (Lipinski definition) is 6. The predicted molar refractivity (Wildman–Crippen MR) is 120 cm³/mol. The van der Waals surface area contributed by atoms with Gasteiger partial charge in [0.15, 0.2) is 0 Å². The average molecular weight is 637 g/mol. The van der Waals surface area contributed by atoms with E-state index in [0.29, 0.717) is 18.2 Å². The third kappa shape index (κ3) is 10.4. The van der Waals surface area contributed by atoms with Crippen molar-refractivity contribution in [3.05, 3.63) is 0 Å². The molecule has 1 atom stereocenters. The highest BCUT2D eigenvalue weighted by atomic mass is 32.2. The molecule has 0 fully saturated rings. The van der Waals surface area contributed by atoms with E-state index in [0.717, 1.165) is 0 Å². The van der Waals surface area contributed by atoms with Crippen molar-refractivity contribution in [2.45, 2.75) is 76.4 Å². The summed E-state index contributed by atoms with van der Waals surface area (Å²) in [5, 5.41) is 4.99. The monoisotopic (exact) mass is 636 g/mol. The number of amides is 2. The maximum atomic E-state index is 13.7. The van der Waals surface area contributed by atoms with Crippen LogP contribution in [0, 0.1) is 0 Å². The highest BCUT2D eigenvalue weighted by Gasteiger charge is 2.78. The molecule has 0 radical (unpaired) electrons. The Hall–Kier alpha value is -1.09. The number of halogens is 11. The lowest BCUT2D eigenvalue weighted by molar-refractivity contribution is -0.496. The van der Waals surface area contributed by atoms with Gasteiger partial charge in [-0.05, 0) is 32.9 Å². The summed E-state index contributed by atoms with van der Waals surface area (Å²) in [6.45, 7) is 7.38. The minimum Gasteiger partial charge on any atom is -0.373 e. The van der Waals surface area contributed by atoms with Crippen LogP contribution in [0.25, 0.3) is 0 Å². The lowest BCUT2D eigenvalue weighted by atomic mass is 10.2. The summed E-state index contributed by atoms with van der Waals surface area (Å²) in [6.07, 6.45) is -22.0. The topological polar surface area (TPSA) is 78.0 Å². The number of carbonyl (C=O) groups excluding carboxylic acids is 1. The van der Waals surface area contributed by atoms with Crippen molar-refractivity contribution >= 4 is 26.6 Å². The number of thioether (sulfide) groups is 1. The Morgan fingerprint density at radius 3 is 1.69 bits per heavy atom. The largest absolute Gasteiger partial charge is 0.524 e. The standard InChI is InChI=1S/C19H31F11N2O5SSi/c1-5-13(39(34-6-2,35-7-3)36-8-4)32-14(33)31-10-12-38-11-9-15(20,21)18(27,28)37-19(29,30)16(22,23)17(24,25)26/h13H,5-12H2,1-4H3,(H2,31,32,33). The first-order valence-corrected chi connectivity index (χ1v) is 14.5. The number of alkyl halides is 11. The molecule has 0 aromatic heterocycles. The Balaban J connectivity index is 4.87. The molecule has 1 unspecified atom stereocenters. The number of rotatable bonds is 19. The van der Waals surface area contributed by atoms with Gasteiger partial charge in [-0.3, -0.25) is 0 Å². The van der Waals surface area contributed by atoms with Crippen LogP contribution in [0.2, 0.25) is 0 Å². The molecule has 234 valence electrons. The zero-order chi connectivity index (χ0) is 30.8. The van der Waals surface area contributed by atoms with Crippen LogP contribution in [0.5, 0.6) is 0 Å². The molecule has 0 rings (SSSR count). The minimum absolute atomic E-state index is 0.153. The van der Waals surface area contributed by atoms with Crippen molar-refractivity contribution in [2.24, 2.45) is 0 Å². The molecule has 0 aliphatic carbocycles. The highest BCUT2D eigenvalue weighted by molar-refractivity contribution is 7.99. The lowest BCUT2D eigenvalue weighted by Gasteiger charge is -2.35. The quantitative estimate of drug-likeness (QED) is 0.106. The summed E-state index contributed by atoms with van der Waals surface area (Å²) in [5.41, 5.74) is -0.659. The van der Waals surface area contributed by atoms with Crippen molar-refractivity contribution < 1.29 is 71.1 Å². The van der Waals surface area contributed by atoms with Crippen LogP contribution in [0.3, 0.4) is 0 Å². The molecule has 0 aromatic carbocycles. The van der Waals surface area contributed by atoms with Gasteiger partial charge >= 0.3 is 45.1 Å². The minimum atomic E-state index is -7.16. The molecule has 0 heterocycles. The van der Waals surface area contributed by atoms with Crippen molar-refractivity contribution in [2.75, 3.05) is 37.9 Å². The van der Waals surface area contributed by atoms with Gasteiger partial charge in [-0.2, -0.15) is 60.1 Å². The van der Waals surface area contributed by atoms with Gasteiger partial charge in [-0.1, -0.05) is 6.92 Å². The van der Waals surface area contributed by atoms with Gasteiger partial charge in [0.05, 0.1) is 0 Å². The Morgan fingerprint density at radius 2 is 1.28 bits per heavy atom. The van der Waals surface area contributed by atoms with Gasteiger partial charge in [0.2, 0.25) is 0 Å². The van der Waals surface area contributed by atoms with Gasteiger partial charge in [0, 0.05) is 38.5 Å². The van der Waals surface area contributed by atoms with E-state index in [-0.39, 0.29) is 32.1 Å². The summed E-state index contributed by atoms with van der Waals surface area (Å²) in [7, 11) is -3.33. The van der Waals surface area contributed by atoms with E-state index < -0.39 is 62.9 Å². The third-order valence-corrected chi connectivity index (χ3v) is 9.14. The second kappa shape index (κ2) is 15.2. The highest BCUT2D eigenvalue weighted by Crippen LogP contribution is 2.51. The van der Waals surface area contributed by atoms with Crippen LogP contribution in [0.15, 0.2) is 0 Å². The smallest absolute Gasteiger partial charge is 0.373 e. The zero-order valence-corrected chi connectivity index (χ0v) is 23.2. The van der Waals surface area contributed by atoms with Crippen LogP contribution >= 0.6 is 11.8 Å². The van der Waals surface area contributed by atoms with E-state index in [1.54, 1.807) is 27.7 Å². The van der Waals surface area contributed by atoms with Gasteiger partial charge in [0.25, 0.3) is 0 Å². The summed E-state index contributed by atoms with van der Waals surface area (Å²) in [5.74, 6) is -13.7. The molecular formula is C19H31F11N2O5SSi. The molecule has 7 nitrogen and oxygen atoms in total. The molecule has 2 amide bonds. The van der Waals surface area contributed by atoms with Crippen LogP contribution < -0.4 is 10.6 Å². The fourth-order valence-electron chi connectivity index (χ4n) is 2.83. The van der Waals surface area contributed by atoms with Gasteiger partial charge in [0.1, 0.15) is 5.67 Å². The van der Waals surface area contributed by atoms with E-state index >= 15 is 0 Å². The Morgan fingerprint density at radius 1 is 0.795 bits per heavy atom. The number of carbonyl (C=O) groups is 1. The molecule has 20 heteroatoms. The molecule has 0 aliphatic rings. The third-order valence-electron chi connectivity index (χ3n) is 4.67. The lowest BCUT2D eigenvalue weighted by Crippen LogP contribution is -2.64. The van der Waals surface area contributed by atoms with Crippen molar-refractivity contribution in [1.82, 2.24) is 10.6 Å². The fraction of sp³-hybridized carbons (Fsp3) is 0.947. The first-order chi connectivity index (χ1) is 17.7.